The normalized spacial score (nSPS) is 11.2. The van der Waals surface area contributed by atoms with Gasteiger partial charge >= 0.3 is 0 Å². The number of hydrogen-bond donors (Lipinski definition) is 0. The molecule has 0 aliphatic rings. The van der Waals surface area contributed by atoms with E-state index >= 15 is 0 Å². The molecule has 110 valence electrons. The number of nitrogens with zero attached hydrogens (tertiary/aromatic N) is 2. The van der Waals surface area contributed by atoms with Gasteiger partial charge in [-0.3, -0.25) is 0 Å². The van der Waals surface area contributed by atoms with Crippen molar-refractivity contribution in [3.8, 4) is 0 Å². The predicted octanol–water partition coefficient (Wildman–Crippen LogP) is 5.06. The van der Waals surface area contributed by atoms with Crippen molar-refractivity contribution in [1.82, 2.24) is 9.55 Å². The quantitative estimate of drug-likeness (QED) is 0.616. The second kappa shape index (κ2) is 6.63. The Kier molecular flexibility index (Phi) is 4.40. The number of aromatic nitrogens is 2. The highest BCUT2D eigenvalue weighted by molar-refractivity contribution is 6.31. The van der Waals surface area contributed by atoms with Crippen molar-refractivity contribution >= 4 is 23.8 Å². The Morgan fingerprint density at radius 2 is 1.82 bits per heavy atom. The van der Waals surface area contributed by atoms with Crippen LogP contribution in [0.4, 0.5) is 0 Å². The van der Waals surface area contributed by atoms with Gasteiger partial charge in [-0.15, -0.1) is 0 Å². The van der Waals surface area contributed by atoms with Crippen LogP contribution in [0.1, 0.15) is 22.5 Å². The fourth-order valence-corrected chi connectivity index (χ4v) is 2.56. The summed E-state index contributed by atoms with van der Waals surface area (Å²) in [6, 6.07) is 16.4. The maximum atomic E-state index is 6.41. The Hall–Kier alpha value is -2.32. The molecule has 3 aromatic rings. The Morgan fingerprint density at radius 3 is 2.50 bits per heavy atom. The summed E-state index contributed by atoms with van der Waals surface area (Å²) in [7, 11) is 0. The average molecular weight is 309 g/mol. The molecule has 0 fully saturated rings. The first-order valence-electron chi connectivity index (χ1n) is 7.22. The topological polar surface area (TPSA) is 17.8 Å². The van der Waals surface area contributed by atoms with Crippen LogP contribution in [0.3, 0.4) is 0 Å². The highest BCUT2D eigenvalue weighted by Gasteiger charge is 2.04. The van der Waals surface area contributed by atoms with Crippen molar-refractivity contribution in [3.05, 3.63) is 88.5 Å². The Labute approximate surface area is 135 Å². The van der Waals surface area contributed by atoms with E-state index in [-0.39, 0.29) is 0 Å². The summed E-state index contributed by atoms with van der Waals surface area (Å²) in [5.41, 5.74) is 3.37. The second-order valence-corrected chi connectivity index (χ2v) is 5.60. The van der Waals surface area contributed by atoms with Crippen LogP contribution < -0.4 is 0 Å². The largest absolute Gasteiger partial charge is 0.331 e. The molecule has 0 bridgehead atoms. The summed E-state index contributed by atoms with van der Waals surface area (Å²) in [5.74, 6) is 0.990. The summed E-state index contributed by atoms with van der Waals surface area (Å²) >= 11 is 6.41. The maximum Gasteiger partial charge on any atom is 0.105 e. The van der Waals surface area contributed by atoms with Crippen molar-refractivity contribution in [2.24, 2.45) is 0 Å². The van der Waals surface area contributed by atoms with E-state index in [0.717, 1.165) is 28.5 Å². The third kappa shape index (κ3) is 3.46. The van der Waals surface area contributed by atoms with Crippen molar-refractivity contribution in [2.45, 2.75) is 13.5 Å². The van der Waals surface area contributed by atoms with E-state index in [1.54, 1.807) is 6.20 Å². The van der Waals surface area contributed by atoms with Crippen molar-refractivity contribution < 1.29 is 0 Å². The molecule has 3 rings (SSSR count). The molecule has 0 radical (unpaired) electrons. The Bertz CT molecular complexity index is 788. The first-order valence-corrected chi connectivity index (χ1v) is 7.59. The molecule has 0 N–H and O–H groups in total. The SMILES string of the molecule is Cc1nccn1Cc1ccc(C=Cc2ccccc2)cc1Cl. The summed E-state index contributed by atoms with van der Waals surface area (Å²) in [4.78, 5) is 4.23. The highest BCUT2D eigenvalue weighted by Crippen LogP contribution is 2.21. The minimum absolute atomic E-state index is 0.743. The molecule has 0 atom stereocenters. The van der Waals surface area contributed by atoms with Crippen LogP contribution in [0.25, 0.3) is 12.2 Å². The number of imidazole rings is 1. The van der Waals surface area contributed by atoms with Gasteiger partial charge in [-0.25, -0.2) is 4.98 Å². The summed E-state index contributed by atoms with van der Waals surface area (Å²) in [6.45, 7) is 2.73. The molecule has 0 saturated carbocycles. The van der Waals surface area contributed by atoms with Crippen LogP contribution in [0.5, 0.6) is 0 Å². The molecule has 0 unspecified atom stereocenters. The van der Waals surface area contributed by atoms with E-state index < -0.39 is 0 Å². The molecule has 0 spiro atoms. The van der Waals surface area contributed by atoms with Gasteiger partial charge in [0.25, 0.3) is 0 Å². The first kappa shape index (κ1) is 14.6. The van der Waals surface area contributed by atoms with Gasteiger partial charge in [-0.05, 0) is 29.7 Å². The van der Waals surface area contributed by atoms with Gasteiger partial charge in [-0.1, -0.05) is 66.2 Å². The van der Waals surface area contributed by atoms with Crippen molar-refractivity contribution in [1.29, 1.82) is 0 Å². The summed E-state index contributed by atoms with van der Waals surface area (Å²) in [6.07, 6.45) is 7.94. The minimum Gasteiger partial charge on any atom is -0.331 e. The van der Waals surface area contributed by atoms with Gasteiger partial charge in [0.05, 0.1) is 6.54 Å². The average Bonchev–Trinajstić information content (AvgIpc) is 2.94. The standard InChI is InChI=1S/C19H17ClN2/c1-15-21-11-12-22(15)14-18-10-9-17(13-19(18)20)8-7-16-5-3-2-4-6-16/h2-13H,14H2,1H3. The fraction of sp³-hybridized carbons (Fsp3) is 0.105. The van der Waals surface area contributed by atoms with Crippen LogP contribution >= 0.6 is 11.6 Å². The van der Waals surface area contributed by atoms with Crippen LogP contribution in [0.2, 0.25) is 5.02 Å². The molecule has 0 aliphatic heterocycles. The maximum absolute atomic E-state index is 6.41. The van der Waals surface area contributed by atoms with Crippen LogP contribution in [0.15, 0.2) is 60.9 Å². The second-order valence-electron chi connectivity index (χ2n) is 5.20. The van der Waals surface area contributed by atoms with Crippen molar-refractivity contribution in [2.75, 3.05) is 0 Å². The molecule has 2 nitrogen and oxygen atoms in total. The minimum atomic E-state index is 0.743. The zero-order valence-corrected chi connectivity index (χ0v) is 13.2. The lowest BCUT2D eigenvalue weighted by molar-refractivity contribution is 0.762. The van der Waals surface area contributed by atoms with E-state index in [2.05, 4.69) is 46.0 Å². The van der Waals surface area contributed by atoms with Crippen LogP contribution in [-0.4, -0.2) is 9.55 Å². The molecule has 2 aromatic carbocycles. The summed E-state index contributed by atoms with van der Waals surface area (Å²) in [5, 5.41) is 0.781. The third-order valence-electron chi connectivity index (χ3n) is 3.61. The number of aryl methyl sites for hydroxylation is 1. The fourth-order valence-electron chi connectivity index (χ4n) is 2.31. The van der Waals surface area contributed by atoms with Gasteiger partial charge in [0.1, 0.15) is 5.82 Å². The third-order valence-corrected chi connectivity index (χ3v) is 3.96. The molecule has 22 heavy (non-hydrogen) atoms. The monoisotopic (exact) mass is 308 g/mol. The summed E-state index contributed by atoms with van der Waals surface area (Å²) < 4.78 is 2.08. The van der Waals surface area contributed by atoms with Crippen LogP contribution in [-0.2, 0) is 6.54 Å². The van der Waals surface area contributed by atoms with E-state index in [4.69, 9.17) is 11.6 Å². The lowest BCUT2D eigenvalue weighted by Gasteiger charge is -2.08. The zero-order valence-electron chi connectivity index (χ0n) is 12.4. The Balaban J connectivity index is 1.77. The van der Waals surface area contributed by atoms with E-state index in [1.165, 1.54) is 5.56 Å². The van der Waals surface area contributed by atoms with Gasteiger partial charge in [0.2, 0.25) is 0 Å². The van der Waals surface area contributed by atoms with E-state index in [1.807, 2.05) is 37.4 Å². The van der Waals surface area contributed by atoms with Gasteiger partial charge in [0.15, 0.2) is 0 Å². The predicted molar refractivity (Wildman–Crippen MR) is 92.9 cm³/mol. The molecule has 1 heterocycles. The smallest absolute Gasteiger partial charge is 0.105 e. The number of halogens is 1. The molecule has 0 amide bonds. The molecular formula is C19H17ClN2. The molecular weight excluding hydrogens is 292 g/mol. The lowest BCUT2D eigenvalue weighted by atomic mass is 10.1. The molecule has 3 heteroatoms. The van der Waals surface area contributed by atoms with Gasteiger partial charge in [0, 0.05) is 17.4 Å². The van der Waals surface area contributed by atoms with E-state index in [9.17, 15) is 0 Å². The molecule has 0 aliphatic carbocycles. The molecule has 1 aromatic heterocycles. The van der Waals surface area contributed by atoms with Gasteiger partial charge in [-0.2, -0.15) is 0 Å². The highest BCUT2D eigenvalue weighted by atomic mass is 35.5. The number of hydrogen-bond acceptors (Lipinski definition) is 1. The van der Waals surface area contributed by atoms with Crippen LogP contribution in [0, 0.1) is 6.92 Å². The lowest BCUT2D eigenvalue weighted by Crippen LogP contribution is -2.01. The number of benzene rings is 2. The Morgan fingerprint density at radius 1 is 1.05 bits per heavy atom. The number of rotatable bonds is 4. The molecule has 0 saturated heterocycles. The van der Waals surface area contributed by atoms with E-state index in [0.29, 0.717) is 0 Å². The van der Waals surface area contributed by atoms with Crippen molar-refractivity contribution in [3.63, 3.8) is 0 Å². The zero-order chi connectivity index (χ0) is 15.4. The first-order chi connectivity index (χ1) is 10.7. The van der Waals surface area contributed by atoms with Gasteiger partial charge < -0.3 is 4.57 Å².